The van der Waals surface area contributed by atoms with Crippen molar-refractivity contribution in [3.63, 3.8) is 0 Å². The predicted molar refractivity (Wildman–Crippen MR) is 99.2 cm³/mol. The molecule has 1 saturated heterocycles. The van der Waals surface area contributed by atoms with Crippen molar-refractivity contribution in [1.29, 1.82) is 0 Å². The van der Waals surface area contributed by atoms with Crippen LogP contribution >= 0.6 is 11.8 Å². The maximum Gasteiger partial charge on any atom is 0.318 e. The van der Waals surface area contributed by atoms with Crippen LogP contribution in [0.1, 0.15) is 31.1 Å². The van der Waals surface area contributed by atoms with Crippen molar-refractivity contribution in [2.75, 3.05) is 18.8 Å². The molecule has 0 spiro atoms. The smallest absolute Gasteiger partial charge is 0.318 e. The molecule has 1 aliphatic rings. The minimum absolute atomic E-state index is 0.0251. The van der Waals surface area contributed by atoms with Gasteiger partial charge in [-0.15, -0.1) is 0 Å². The summed E-state index contributed by atoms with van der Waals surface area (Å²) < 4.78 is 0.100. The Hall–Kier alpha value is -2.01. The number of nitrogens with one attached hydrogen (secondary N) is 1. The number of carbonyl (C=O) groups is 1. The van der Waals surface area contributed by atoms with Gasteiger partial charge in [0.2, 0.25) is 0 Å². The first-order chi connectivity index (χ1) is 11.6. The van der Waals surface area contributed by atoms with Gasteiger partial charge in [0.1, 0.15) is 0 Å². The van der Waals surface area contributed by atoms with E-state index >= 15 is 0 Å². The zero-order valence-corrected chi connectivity index (χ0v) is 14.9. The van der Waals surface area contributed by atoms with E-state index in [1.165, 1.54) is 0 Å². The molecule has 1 unspecified atom stereocenters. The molecule has 5 heteroatoms. The van der Waals surface area contributed by atoms with Gasteiger partial charge in [-0.25, -0.2) is 4.79 Å². The number of benzene rings is 1. The largest absolute Gasteiger partial charge is 0.325 e. The summed E-state index contributed by atoms with van der Waals surface area (Å²) in [5.41, 5.74) is 1.89. The molecular formula is C19H23N3OS. The lowest BCUT2D eigenvalue weighted by atomic mass is 10.0. The lowest BCUT2D eigenvalue weighted by Gasteiger charge is -2.38. The molecule has 2 amide bonds. The lowest BCUT2D eigenvalue weighted by molar-refractivity contribution is 0.192. The molecule has 24 heavy (non-hydrogen) atoms. The predicted octanol–water partition coefficient (Wildman–Crippen LogP) is 3.71. The summed E-state index contributed by atoms with van der Waals surface area (Å²) in [5.74, 6) is 0.972. The van der Waals surface area contributed by atoms with E-state index in [4.69, 9.17) is 0 Å². The number of pyridine rings is 1. The second-order valence-electron chi connectivity index (χ2n) is 6.58. The fourth-order valence-electron chi connectivity index (χ4n) is 2.92. The molecule has 126 valence electrons. The van der Waals surface area contributed by atoms with Gasteiger partial charge in [-0.2, -0.15) is 11.8 Å². The van der Waals surface area contributed by atoms with Crippen LogP contribution in [-0.4, -0.2) is 39.5 Å². The van der Waals surface area contributed by atoms with Crippen molar-refractivity contribution in [2.45, 2.75) is 24.6 Å². The monoisotopic (exact) mass is 341 g/mol. The van der Waals surface area contributed by atoms with Gasteiger partial charge in [0, 0.05) is 29.8 Å². The summed E-state index contributed by atoms with van der Waals surface area (Å²) in [4.78, 5) is 19.2. The van der Waals surface area contributed by atoms with Gasteiger partial charge in [0.05, 0.1) is 11.7 Å². The molecule has 0 aliphatic carbocycles. The first-order valence-corrected chi connectivity index (χ1v) is 9.19. The third kappa shape index (κ3) is 4.09. The minimum atomic E-state index is -0.238. The molecule has 1 aromatic heterocycles. The Labute approximate surface area is 147 Å². The number of thioether (sulfide) groups is 1. The number of urea groups is 1. The number of aromatic nitrogens is 1. The summed E-state index contributed by atoms with van der Waals surface area (Å²) >= 11 is 1.92. The lowest BCUT2D eigenvalue weighted by Crippen LogP contribution is -2.50. The first-order valence-electron chi connectivity index (χ1n) is 8.20. The van der Waals surface area contributed by atoms with E-state index in [-0.39, 0.29) is 16.8 Å². The van der Waals surface area contributed by atoms with Crippen molar-refractivity contribution >= 4 is 17.8 Å². The molecule has 1 aliphatic heterocycles. The van der Waals surface area contributed by atoms with E-state index in [1.54, 1.807) is 6.20 Å². The van der Waals surface area contributed by atoms with E-state index in [2.05, 4.69) is 24.1 Å². The number of amides is 2. The Bertz CT molecular complexity index is 636. The zero-order chi connectivity index (χ0) is 17.0. The van der Waals surface area contributed by atoms with Crippen molar-refractivity contribution in [1.82, 2.24) is 15.2 Å². The van der Waals surface area contributed by atoms with E-state index in [1.807, 2.05) is 65.2 Å². The van der Waals surface area contributed by atoms with Gasteiger partial charge in [-0.3, -0.25) is 4.98 Å². The van der Waals surface area contributed by atoms with Crippen LogP contribution in [0.2, 0.25) is 0 Å². The van der Waals surface area contributed by atoms with Gasteiger partial charge in [-0.05, 0) is 31.5 Å². The Morgan fingerprint density at radius 1 is 1.21 bits per heavy atom. The summed E-state index contributed by atoms with van der Waals surface area (Å²) in [7, 11) is 0. The van der Waals surface area contributed by atoms with Crippen molar-refractivity contribution in [2.24, 2.45) is 0 Å². The molecule has 3 rings (SSSR count). The second kappa shape index (κ2) is 7.26. The molecule has 0 bridgehead atoms. The second-order valence-corrected chi connectivity index (χ2v) is 8.38. The van der Waals surface area contributed by atoms with Gasteiger partial charge in [0.25, 0.3) is 0 Å². The molecule has 1 fully saturated rings. The molecule has 2 aromatic rings. The minimum Gasteiger partial charge on any atom is -0.325 e. The van der Waals surface area contributed by atoms with Crippen LogP contribution in [0.4, 0.5) is 4.79 Å². The number of hydrogen-bond donors (Lipinski definition) is 1. The van der Waals surface area contributed by atoms with Crippen LogP contribution in [-0.2, 0) is 0 Å². The Kier molecular flexibility index (Phi) is 5.09. The van der Waals surface area contributed by atoms with E-state index < -0.39 is 0 Å². The quantitative estimate of drug-likeness (QED) is 0.926. The van der Waals surface area contributed by atoms with E-state index in [9.17, 15) is 4.79 Å². The van der Waals surface area contributed by atoms with Crippen LogP contribution in [0.25, 0.3) is 0 Å². The normalized spacial score (nSPS) is 18.0. The molecule has 1 N–H and O–H groups in total. The average Bonchev–Trinajstić information content (AvgIpc) is 2.60. The van der Waals surface area contributed by atoms with Crippen molar-refractivity contribution in [3.8, 4) is 0 Å². The fraction of sp³-hybridized carbons (Fsp3) is 0.368. The molecular weight excluding hydrogens is 318 g/mol. The van der Waals surface area contributed by atoms with E-state index in [0.717, 1.165) is 30.1 Å². The highest BCUT2D eigenvalue weighted by Crippen LogP contribution is 2.30. The molecule has 1 atom stereocenters. The highest BCUT2D eigenvalue weighted by atomic mass is 32.2. The average molecular weight is 341 g/mol. The van der Waals surface area contributed by atoms with Crippen molar-refractivity contribution < 1.29 is 4.79 Å². The summed E-state index contributed by atoms with van der Waals surface area (Å²) in [6, 6.07) is 15.5. The Morgan fingerprint density at radius 2 is 1.96 bits per heavy atom. The van der Waals surface area contributed by atoms with Crippen molar-refractivity contribution in [3.05, 3.63) is 66.0 Å². The van der Waals surface area contributed by atoms with Crippen LogP contribution in [0.5, 0.6) is 0 Å². The van der Waals surface area contributed by atoms with Gasteiger partial charge >= 0.3 is 6.03 Å². The van der Waals surface area contributed by atoms with Crippen LogP contribution in [0, 0.1) is 0 Å². The SMILES string of the molecule is CC1(C)CN(C(=O)NC(c2ccccc2)c2ccccn2)CCS1. The highest BCUT2D eigenvalue weighted by Gasteiger charge is 2.31. The summed E-state index contributed by atoms with van der Waals surface area (Å²) in [6.45, 7) is 5.91. The topological polar surface area (TPSA) is 45.2 Å². The summed E-state index contributed by atoms with van der Waals surface area (Å²) in [5, 5.41) is 3.17. The van der Waals surface area contributed by atoms with Crippen LogP contribution < -0.4 is 5.32 Å². The van der Waals surface area contributed by atoms with Gasteiger partial charge < -0.3 is 10.2 Å². The van der Waals surface area contributed by atoms with E-state index in [0.29, 0.717) is 0 Å². The number of nitrogens with zero attached hydrogens (tertiary/aromatic N) is 2. The number of hydrogen-bond acceptors (Lipinski definition) is 3. The maximum atomic E-state index is 12.8. The van der Waals surface area contributed by atoms with Crippen LogP contribution in [0.3, 0.4) is 0 Å². The van der Waals surface area contributed by atoms with Gasteiger partial charge in [0.15, 0.2) is 0 Å². The number of rotatable bonds is 3. The first kappa shape index (κ1) is 16.8. The Balaban J connectivity index is 1.81. The molecule has 0 radical (unpaired) electrons. The van der Waals surface area contributed by atoms with Gasteiger partial charge in [-0.1, -0.05) is 36.4 Å². The third-order valence-corrected chi connectivity index (χ3v) is 5.39. The molecule has 4 nitrogen and oxygen atoms in total. The highest BCUT2D eigenvalue weighted by molar-refractivity contribution is 8.00. The molecule has 1 aromatic carbocycles. The zero-order valence-electron chi connectivity index (χ0n) is 14.1. The standard InChI is InChI=1S/C19H23N3OS/c1-19(2)14-22(12-13-24-19)18(23)21-17(15-8-4-3-5-9-15)16-10-6-7-11-20-16/h3-11,17H,12-14H2,1-2H3,(H,21,23). The third-order valence-electron chi connectivity index (χ3n) is 4.10. The molecule has 0 saturated carbocycles. The maximum absolute atomic E-state index is 12.8. The molecule has 2 heterocycles. The fourth-order valence-corrected chi connectivity index (χ4v) is 4.04. The number of carbonyl (C=O) groups excluding carboxylic acids is 1. The Morgan fingerprint density at radius 3 is 2.62 bits per heavy atom. The van der Waals surface area contributed by atoms with Crippen LogP contribution in [0.15, 0.2) is 54.7 Å². The summed E-state index contributed by atoms with van der Waals surface area (Å²) in [6.07, 6.45) is 1.76.